The third kappa shape index (κ3) is 2.57. The van der Waals surface area contributed by atoms with Gasteiger partial charge in [-0.15, -0.1) is 0 Å². The van der Waals surface area contributed by atoms with E-state index < -0.39 is 0 Å². The lowest BCUT2D eigenvalue weighted by Crippen LogP contribution is -2.00. The molecule has 2 rings (SSSR count). The van der Waals surface area contributed by atoms with E-state index in [4.69, 9.17) is 26.8 Å². The number of nitrogens with two attached hydrogens (primary N) is 1. The number of halogens is 1. The summed E-state index contributed by atoms with van der Waals surface area (Å²) >= 11 is 5.84. The van der Waals surface area contributed by atoms with E-state index in [-0.39, 0.29) is 17.4 Å². The van der Waals surface area contributed by atoms with Crippen molar-refractivity contribution in [2.24, 2.45) is 0 Å². The summed E-state index contributed by atoms with van der Waals surface area (Å²) in [6, 6.07) is 6.93. The number of anilines is 1. The summed E-state index contributed by atoms with van der Waals surface area (Å²) in [6.45, 7) is 0. The van der Waals surface area contributed by atoms with E-state index in [0.717, 1.165) is 0 Å². The van der Waals surface area contributed by atoms with Crippen LogP contribution >= 0.6 is 11.6 Å². The van der Waals surface area contributed by atoms with E-state index in [1.165, 1.54) is 13.4 Å². The molecule has 0 spiro atoms. The first-order valence-corrected chi connectivity index (χ1v) is 5.16. The standard InChI is InChI=1S/C11H10ClN3O2/c1-16-10-9(13)11(15-6-14-10)17-8-4-2-3-7(12)5-8/h2-6H,13H2,1H3. The van der Waals surface area contributed by atoms with E-state index in [1.54, 1.807) is 24.3 Å². The van der Waals surface area contributed by atoms with Gasteiger partial charge in [0.1, 0.15) is 12.1 Å². The van der Waals surface area contributed by atoms with Crippen molar-refractivity contribution < 1.29 is 9.47 Å². The fraction of sp³-hybridized carbons (Fsp3) is 0.0909. The third-order valence-electron chi connectivity index (χ3n) is 2.01. The van der Waals surface area contributed by atoms with Crippen molar-refractivity contribution in [1.82, 2.24) is 9.97 Å². The summed E-state index contributed by atoms with van der Waals surface area (Å²) in [5.41, 5.74) is 6.02. The average Bonchev–Trinajstić information content (AvgIpc) is 2.32. The number of nitrogen functional groups attached to an aromatic ring is 1. The Hall–Kier alpha value is -2.01. The van der Waals surface area contributed by atoms with E-state index in [9.17, 15) is 0 Å². The Morgan fingerprint density at radius 3 is 2.71 bits per heavy atom. The zero-order valence-corrected chi connectivity index (χ0v) is 9.81. The Morgan fingerprint density at radius 1 is 1.24 bits per heavy atom. The number of aromatic nitrogens is 2. The average molecular weight is 252 g/mol. The Labute approximate surface area is 103 Å². The van der Waals surface area contributed by atoms with Crippen LogP contribution in [-0.2, 0) is 0 Å². The number of hydrogen-bond acceptors (Lipinski definition) is 5. The van der Waals surface area contributed by atoms with Gasteiger partial charge in [0, 0.05) is 5.02 Å². The Kier molecular flexibility index (Phi) is 3.30. The highest BCUT2D eigenvalue weighted by Crippen LogP contribution is 2.30. The molecule has 5 nitrogen and oxygen atoms in total. The Bertz CT molecular complexity index is 534. The predicted molar refractivity (Wildman–Crippen MR) is 64.5 cm³/mol. The van der Waals surface area contributed by atoms with Crippen LogP contribution in [0.5, 0.6) is 17.5 Å². The molecule has 0 saturated carbocycles. The first-order valence-electron chi connectivity index (χ1n) is 4.78. The van der Waals surface area contributed by atoms with Crippen molar-refractivity contribution in [3.63, 3.8) is 0 Å². The summed E-state index contributed by atoms with van der Waals surface area (Å²) in [4.78, 5) is 7.78. The molecule has 0 aliphatic heterocycles. The lowest BCUT2D eigenvalue weighted by molar-refractivity contribution is 0.391. The van der Waals surface area contributed by atoms with Gasteiger partial charge in [0.15, 0.2) is 5.69 Å². The normalized spacial score (nSPS) is 10.0. The lowest BCUT2D eigenvalue weighted by atomic mass is 10.3. The van der Waals surface area contributed by atoms with E-state index in [2.05, 4.69) is 9.97 Å². The van der Waals surface area contributed by atoms with Crippen LogP contribution in [0.2, 0.25) is 5.02 Å². The van der Waals surface area contributed by atoms with Gasteiger partial charge in [-0.25, -0.2) is 0 Å². The predicted octanol–water partition coefficient (Wildman–Crippen LogP) is 2.51. The highest BCUT2D eigenvalue weighted by Gasteiger charge is 2.10. The van der Waals surface area contributed by atoms with Crippen LogP contribution in [0.3, 0.4) is 0 Å². The van der Waals surface area contributed by atoms with Gasteiger partial charge in [-0.1, -0.05) is 17.7 Å². The molecule has 0 aliphatic rings. The summed E-state index contributed by atoms with van der Waals surface area (Å²) in [7, 11) is 1.47. The summed E-state index contributed by atoms with van der Waals surface area (Å²) in [6.07, 6.45) is 1.31. The van der Waals surface area contributed by atoms with Gasteiger partial charge in [-0.05, 0) is 18.2 Å². The SMILES string of the molecule is COc1ncnc(Oc2cccc(Cl)c2)c1N. The minimum Gasteiger partial charge on any atom is -0.479 e. The molecule has 0 amide bonds. The molecule has 0 fully saturated rings. The fourth-order valence-corrected chi connectivity index (χ4v) is 1.43. The third-order valence-corrected chi connectivity index (χ3v) is 2.25. The zero-order chi connectivity index (χ0) is 12.3. The Morgan fingerprint density at radius 2 is 2.00 bits per heavy atom. The first kappa shape index (κ1) is 11.5. The van der Waals surface area contributed by atoms with Crippen LogP contribution in [-0.4, -0.2) is 17.1 Å². The molecule has 0 saturated heterocycles. The number of ether oxygens (including phenoxy) is 2. The van der Waals surface area contributed by atoms with Gasteiger partial charge >= 0.3 is 0 Å². The Balaban J connectivity index is 2.30. The molecule has 2 N–H and O–H groups in total. The van der Waals surface area contributed by atoms with Crippen molar-refractivity contribution in [2.75, 3.05) is 12.8 Å². The quantitative estimate of drug-likeness (QED) is 0.908. The van der Waals surface area contributed by atoms with Gasteiger partial charge < -0.3 is 15.2 Å². The summed E-state index contributed by atoms with van der Waals surface area (Å²) in [5.74, 6) is 1.06. The number of methoxy groups -OCH3 is 1. The van der Waals surface area contributed by atoms with Crippen LogP contribution in [0.4, 0.5) is 5.69 Å². The minimum atomic E-state index is 0.235. The molecule has 0 bridgehead atoms. The second-order valence-electron chi connectivity index (χ2n) is 3.16. The van der Waals surface area contributed by atoms with Crippen LogP contribution in [0.25, 0.3) is 0 Å². The maximum absolute atomic E-state index is 5.84. The second kappa shape index (κ2) is 4.88. The topological polar surface area (TPSA) is 70.3 Å². The maximum Gasteiger partial charge on any atom is 0.249 e. The summed E-state index contributed by atoms with van der Waals surface area (Å²) in [5, 5.41) is 0.571. The van der Waals surface area contributed by atoms with Gasteiger partial charge in [-0.2, -0.15) is 9.97 Å². The highest BCUT2D eigenvalue weighted by molar-refractivity contribution is 6.30. The molecule has 1 aromatic carbocycles. The van der Waals surface area contributed by atoms with Crippen LogP contribution in [0.15, 0.2) is 30.6 Å². The molecule has 88 valence electrons. The van der Waals surface area contributed by atoms with Gasteiger partial charge in [0.2, 0.25) is 11.8 Å². The molecule has 6 heteroatoms. The van der Waals surface area contributed by atoms with Crippen molar-refractivity contribution in [3.05, 3.63) is 35.6 Å². The molecule has 1 heterocycles. The maximum atomic E-state index is 5.84. The largest absolute Gasteiger partial charge is 0.479 e. The smallest absolute Gasteiger partial charge is 0.249 e. The van der Waals surface area contributed by atoms with Crippen LogP contribution in [0.1, 0.15) is 0 Å². The second-order valence-corrected chi connectivity index (χ2v) is 3.60. The van der Waals surface area contributed by atoms with E-state index in [1.807, 2.05) is 0 Å². The number of rotatable bonds is 3. The van der Waals surface area contributed by atoms with Gasteiger partial charge in [0.25, 0.3) is 0 Å². The molecule has 0 radical (unpaired) electrons. The lowest BCUT2D eigenvalue weighted by Gasteiger charge is -2.09. The van der Waals surface area contributed by atoms with Gasteiger partial charge in [-0.3, -0.25) is 0 Å². The fourth-order valence-electron chi connectivity index (χ4n) is 1.25. The number of hydrogen-bond donors (Lipinski definition) is 1. The molecule has 17 heavy (non-hydrogen) atoms. The molecule has 0 aliphatic carbocycles. The van der Waals surface area contributed by atoms with Crippen LogP contribution in [0, 0.1) is 0 Å². The van der Waals surface area contributed by atoms with Crippen molar-refractivity contribution >= 4 is 17.3 Å². The monoisotopic (exact) mass is 251 g/mol. The van der Waals surface area contributed by atoms with Crippen molar-refractivity contribution in [2.45, 2.75) is 0 Å². The molecule has 0 unspecified atom stereocenters. The first-order chi connectivity index (χ1) is 8.20. The molecular formula is C11H10ClN3O2. The van der Waals surface area contributed by atoms with E-state index >= 15 is 0 Å². The minimum absolute atomic E-state index is 0.235. The van der Waals surface area contributed by atoms with Crippen molar-refractivity contribution in [1.29, 1.82) is 0 Å². The van der Waals surface area contributed by atoms with Crippen LogP contribution < -0.4 is 15.2 Å². The molecular weight excluding hydrogens is 242 g/mol. The zero-order valence-electron chi connectivity index (χ0n) is 9.05. The highest BCUT2D eigenvalue weighted by atomic mass is 35.5. The van der Waals surface area contributed by atoms with E-state index in [0.29, 0.717) is 10.8 Å². The molecule has 2 aromatic rings. The van der Waals surface area contributed by atoms with Crippen molar-refractivity contribution in [3.8, 4) is 17.5 Å². The van der Waals surface area contributed by atoms with Gasteiger partial charge in [0.05, 0.1) is 7.11 Å². The molecule has 0 atom stereocenters. The number of benzene rings is 1. The molecule has 1 aromatic heterocycles. The number of nitrogens with zero attached hydrogens (tertiary/aromatic N) is 2. The summed E-state index contributed by atoms with van der Waals surface area (Å²) < 4.78 is 10.5.